The first-order valence-corrected chi connectivity index (χ1v) is 8.68. The van der Waals surface area contributed by atoms with Crippen LogP contribution in [-0.4, -0.2) is 43.2 Å². The number of unbranched alkanes of at least 4 members (excludes halogenated alkanes) is 2. The third-order valence-electron chi connectivity index (χ3n) is 4.89. The van der Waals surface area contributed by atoms with Crippen LogP contribution in [0.3, 0.4) is 0 Å². The van der Waals surface area contributed by atoms with E-state index in [0.717, 1.165) is 32.2 Å². The Balaban J connectivity index is 2.51. The summed E-state index contributed by atoms with van der Waals surface area (Å²) in [5.74, 6) is 0.0503. The molecule has 2 unspecified atom stereocenters. The molecule has 124 valence electrons. The highest BCUT2D eigenvalue weighted by Crippen LogP contribution is 2.37. The van der Waals surface area contributed by atoms with Gasteiger partial charge in [-0.25, -0.2) is 0 Å². The zero-order chi connectivity index (χ0) is 15.7. The standard InChI is InChI=1S/C17H34N2O2/c1-4-6-12-19(13-7-5-2)14-10-15-9-8-11-17(15,18)16(20)21-3/h15H,4-14,18H2,1-3H3. The van der Waals surface area contributed by atoms with Crippen molar-refractivity contribution in [3.8, 4) is 0 Å². The number of carbonyl (C=O) groups is 1. The molecule has 4 nitrogen and oxygen atoms in total. The molecule has 0 aliphatic heterocycles. The van der Waals surface area contributed by atoms with Crippen LogP contribution >= 0.6 is 0 Å². The van der Waals surface area contributed by atoms with Gasteiger partial charge >= 0.3 is 5.97 Å². The minimum Gasteiger partial charge on any atom is -0.468 e. The predicted molar refractivity (Wildman–Crippen MR) is 87.1 cm³/mol. The maximum absolute atomic E-state index is 12.0. The second kappa shape index (κ2) is 9.42. The number of carbonyl (C=O) groups excluding carboxylic acids is 1. The van der Waals surface area contributed by atoms with E-state index in [1.807, 2.05) is 0 Å². The Morgan fingerprint density at radius 1 is 1.24 bits per heavy atom. The largest absolute Gasteiger partial charge is 0.468 e. The number of nitrogens with two attached hydrogens (primary N) is 1. The van der Waals surface area contributed by atoms with Crippen molar-refractivity contribution in [3.63, 3.8) is 0 Å². The second-order valence-corrected chi connectivity index (χ2v) is 6.46. The minimum atomic E-state index is -0.740. The summed E-state index contributed by atoms with van der Waals surface area (Å²) in [5.41, 5.74) is 5.61. The van der Waals surface area contributed by atoms with Crippen LogP contribution in [0.1, 0.15) is 65.2 Å². The van der Waals surface area contributed by atoms with Gasteiger partial charge in [-0.05, 0) is 57.7 Å². The van der Waals surface area contributed by atoms with Gasteiger partial charge in [0.25, 0.3) is 0 Å². The number of rotatable bonds is 10. The maximum Gasteiger partial charge on any atom is 0.326 e. The molecule has 1 aliphatic carbocycles. The van der Waals surface area contributed by atoms with Gasteiger partial charge in [-0.15, -0.1) is 0 Å². The van der Waals surface area contributed by atoms with E-state index >= 15 is 0 Å². The zero-order valence-corrected chi connectivity index (χ0v) is 14.2. The molecule has 0 aromatic rings. The molecule has 0 aromatic carbocycles. The lowest BCUT2D eigenvalue weighted by Gasteiger charge is -2.31. The molecule has 0 amide bonds. The first-order valence-electron chi connectivity index (χ1n) is 8.68. The van der Waals surface area contributed by atoms with E-state index in [4.69, 9.17) is 10.5 Å². The van der Waals surface area contributed by atoms with Crippen molar-refractivity contribution in [2.24, 2.45) is 11.7 Å². The Kier molecular flexibility index (Phi) is 8.27. The fraction of sp³-hybridized carbons (Fsp3) is 0.941. The molecule has 1 fully saturated rings. The Morgan fingerprint density at radius 2 is 1.86 bits per heavy atom. The lowest BCUT2D eigenvalue weighted by molar-refractivity contribution is -0.148. The lowest BCUT2D eigenvalue weighted by Crippen LogP contribution is -2.52. The molecule has 1 rings (SSSR count). The monoisotopic (exact) mass is 298 g/mol. The van der Waals surface area contributed by atoms with Crippen LogP contribution in [-0.2, 0) is 9.53 Å². The Morgan fingerprint density at radius 3 is 2.38 bits per heavy atom. The van der Waals surface area contributed by atoms with E-state index in [1.54, 1.807) is 0 Å². The van der Waals surface area contributed by atoms with E-state index in [0.29, 0.717) is 0 Å². The third-order valence-corrected chi connectivity index (χ3v) is 4.89. The van der Waals surface area contributed by atoms with Crippen LogP contribution in [0.25, 0.3) is 0 Å². The van der Waals surface area contributed by atoms with Crippen molar-refractivity contribution in [2.45, 2.75) is 70.8 Å². The van der Waals surface area contributed by atoms with E-state index in [1.165, 1.54) is 45.9 Å². The van der Waals surface area contributed by atoms with Crippen LogP contribution in [0.15, 0.2) is 0 Å². The molecule has 4 heteroatoms. The summed E-state index contributed by atoms with van der Waals surface area (Å²) in [4.78, 5) is 14.5. The lowest BCUT2D eigenvalue weighted by atomic mass is 9.85. The molecule has 0 bridgehead atoms. The van der Waals surface area contributed by atoms with Crippen LogP contribution in [0.2, 0.25) is 0 Å². The van der Waals surface area contributed by atoms with Crippen molar-refractivity contribution < 1.29 is 9.53 Å². The van der Waals surface area contributed by atoms with Gasteiger partial charge in [-0.3, -0.25) is 4.79 Å². The highest BCUT2D eigenvalue weighted by molar-refractivity contribution is 5.81. The molecular formula is C17H34N2O2. The first-order chi connectivity index (χ1) is 10.1. The Bertz CT molecular complexity index is 301. The van der Waals surface area contributed by atoms with Gasteiger partial charge in [0, 0.05) is 0 Å². The highest BCUT2D eigenvalue weighted by atomic mass is 16.5. The molecule has 1 aliphatic rings. The summed E-state index contributed by atoms with van der Waals surface area (Å²) in [6, 6.07) is 0. The Hall–Kier alpha value is -0.610. The van der Waals surface area contributed by atoms with E-state index < -0.39 is 5.54 Å². The van der Waals surface area contributed by atoms with Gasteiger partial charge < -0.3 is 15.4 Å². The normalized spacial score (nSPS) is 25.5. The van der Waals surface area contributed by atoms with Crippen molar-refractivity contribution in [1.29, 1.82) is 0 Å². The SMILES string of the molecule is CCCCN(CCCC)CCC1CCCC1(N)C(=O)OC. The third kappa shape index (κ3) is 5.26. The summed E-state index contributed by atoms with van der Waals surface area (Å²) < 4.78 is 4.93. The fourth-order valence-corrected chi connectivity index (χ4v) is 3.40. The molecule has 2 atom stereocenters. The van der Waals surface area contributed by atoms with Crippen LogP contribution in [0.4, 0.5) is 0 Å². The molecule has 0 spiro atoms. The number of esters is 1. The molecule has 21 heavy (non-hydrogen) atoms. The quantitative estimate of drug-likeness (QED) is 0.630. The molecule has 0 saturated heterocycles. The molecular weight excluding hydrogens is 264 g/mol. The van der Waals surface area contributed by atoms with Gasteiger partial charge in [0.2, 0.25) is 0 Å². The van der Waals surface area contributed by atoms with Gasteiger partial charge in [0.05, 0.1) is 7.11 Å². The van der Waals surface area contributed by atoms with Gasteiger partial charge in [-0.1, -0.05) is 33.1 Å². The fourth-order valence-electron chi connectivity index (χ4n) is 3.40. The highest BCUT2D eigenvalue weighted by Gasteiger charge is 2.46. The predicted octanol–water partition coefficient (Wildman–Crippen LogP) is 2.95. The summed E-state index contributed by atoms with van der Waals surface area (Å²) >= 11 is 0. The molecule has 0 radical (unpaired) electrons. The number of nitrogens with zero attached hydrogens (tertiary/aromatic N) is 1. The van der Waals surface area contributed by atoms with Crippen LogP contribution in [0.5, 0.6) is 0 Å². The van der Waals surface area contributed by atoms with Crippen molar-refractivity contribution >= 4 is 5.97 Å². The number of hydrogen-bond donors (Lipinski definition) is 1. The molecule has 0 aromatic heterocycles. The Labute approximate surface area is 130 Å². The minimum absolute atomic E-state index is 0.223. The number of hydrogen-bond acceptors (Lipinski definition) is 4. The van der Waals surface area contributed by atoms with E-state index in [9.17, 15) is 4.79 Å². The molecule has 2 N–H and O–H groups in total. The van der Waals surface area contributed by atoms with Crippen molar-refractivity contribution in [2.75, 3.05) is 26.7 Å². The summed E-state index contributed by atoms with van der Waals surface area (Å²) in [6.45, 7) is 7.85. The zero-order valence-electron chi connectivity index (χ0n) is 14.2. The van der Waals surface area contributed by atoms with Crippen molar-refractivity contribution in [3.05, 3.63) is 0 Å². The summed E-state index contributed by atoms with van der Waals surface area (Å²) in [6.07, 6.45) is 8.84. The topological polar surface area (TPSA) is 55.6 Å². The first kappa shape index (κ1) is 18.4. The smallest absolute Gasteiger partial charge is 0.326 e. The average Bonchev–Trinajstić information content (AvgIpc) is 2.88. The van der Waals surface area contributed by atoms with E-state index in [-0.39, 0.29) is 11.9 Å². The molecule has 1 saturated carbocycles. The van der Waals surface area contributed by atoms with Crippen molar-refractivity contribution in [1.82, 2.24) is 4.90 Å². The second-order valence-electron chi connectivity index (χ2n) is 6.46. The summed E-state index contributed by atoms with van der Waals surface area (Å²) in [7, 11) is 1.45. The average molecular weight is 298 g/mol. The van der Waals surface area contributed by atoms with Crippen LogP contribution < -0.4 is 5.73 Å². The van der Waals surface area contributed by atoms with Crippen LogP contribution in [0, 0.1) is 5.92 Å². The van der Waals surface area contributed by atoms with Gasteiger partial charge in [0.15, 0.2) is 0 Å². The number of methoxy groups -OCH3 is 1. The van der Waals surface area contributed by atoms with E-state index in [2.05, 4.69) is 18.7 Å². The maximum atomic E-state index is 12.0. The molecule has 0 heterocycles. The van der Waals surface area contributed by atoms with Gasteiger partial charge in [0.1, 0.15) is 5.54 Å². The summed E-state index contributed by atoms with van der Waals surface area (Å²) in [5, 5.41) is 0. The number of ether oxygens (including phenoxy) is 1. The van der Waals surface area contributed by atoms with Gasteiger partial charge in [-0.2, -0.15) is 0 Å².